The first-order valence-corrected chi connectivity index (χ1v) is 6.18. The maximum atomic E-state index is 11.4. The molecule has 0 bridgehead atoms. The van der Waals surface area contributed by atoms with Crippen molar-refractivity contribution in [3.05, 3.63) is 40.2 Å². The number of carbonyl (C=O) groups is 1. The van der Waals surface area contributed by atoms with Crippen LogP contribution in [0.4, 0.5) is 5.69 Å². The van der Waals surface area contributed by atoms with Gasteiger partial charge in [-0.3, -0.25) is 4.79 Å². The van der Waals surface area contributed by atoms with E-state index in [1.54, 1.807) is 12.1 Å². The number of hydrogen-bond acceptors (Lipinski definition) is 4. The van der Waals surface area contributed by atoms with E-state index in [2.05, 4.69) is 17.9 Å². The molecule has 0 aliphatic carbocycles. The van der Waals surface area contributed by atoms with Crippen LogP contribution in [0.15, 0.2) is 33.5 Å². The number of benzene rings is 1. The van der Waals surface area contributed by atoms with Crippen LogP contribution in [0.25, 0.3) is 11.0 Å². The van der Waals surface area contributed by atoms with Gasteiger partial charge in [0.1, 0.15) is 5.58 Å². The fraction of sp³-hybridized carbons (Fsp3) is 0.231. The van der Waals surface area contributed by atoms with Crippen molar-refractivity contribution in [2.45, 2.75) is 13.3 Å². The number of nitrogens with one attached hydrogen (secondary N) is 1. The predicted molar refractivity (Wildman–Crippen MR) is 74.3 cm³/mol. The maximum Gasteiger partial charge on any atom is 0.336 e. The van der Waals surface area contributed by atoms with Gasteiger partial charge in [0, 0.05) is 29.6 Å². The molecule has 2 aromatic rings. The zero-order chi connectivity index (χ0) is 13.1. The Balaban J connectivity index is 2.38. The minimum atomic E-state index is -0.390. The summed E-state index contributed by atoms with van der Waals surface area (Å²) in [6.45, 7) is 1.85. The Morgan fingerprint density at radius 2 is 2.17 bits per heavy atom. The Morgan fingerprint density at radius 1 is 1.39 bits per heavy atom. The Hall–Kier alpha value is -1.75. The first-order chi connectivity index (χ1) is 8.60. The van der Waals surface area contributed by atoms with Crippen LogP contribution in [0.1, 0.15) is 12.0 Å². The highest BCUT2D eigenvalue weighted by atomic mass is 32.1. The third-order valence-electron chi connectivity index (χ3n) is 2.57. The van der Waals surface area contributed by atoms with E-state index in [1.807, 2.05) is 13.0 Å². The van der Waals surface area contributed by atoms with Gasteiger partial charge in [-0.25, -0.2) is 4.79 Å². The summed E-state index contributed by atoms with van der Waals surface area (Å²) in [5.41, 5.74) is 1.56. The molecule has 94 valence electrons. The number of thiol groups is 1. The first-order valence-electron chi connectivity index (χ1n) is 5.55. The minimum Gasteiger partial charge on any atom is -0.423 e. The summed E-state index contributed by atoms with van der Waals surface area (Å²) in [6.07, 6.45) is 0.346. The van der Waals surface area contributed by atoms with Crippen molar-refractivity contribution < 1.29 is 9.21 Å². The molecule has 0 aliphatic heterocycles. The second-order valence-corrected chi connectivity index (χ2v) is 4.43. The summed E-state index contributed by atoms with van der Waals surface area (Å²) in [4.78, 5) is 22.7. The summed E-state index contributed by atoms with van der Waals surface area (Å²) in [7, 11) is 0. The molecule has 1 aromatic heterocycles. The lowest BCUT2D eigenvalue weighted by Gasteiger charge is -2.06. The van der Waals surface area contributed by atoms with Crippen LogP contribution in [0.5, 0.6) is 0 Å². The topological polar surface area (TPSA) is 59.3 Å². The third kappa shape index (κ3) is 2.73. The molecule has 0 aliphatic rings. The maximum absolute atomic E-state index is 11.4. The number of rotatable bonds is 3. The first kappa shape index (κ1) is 12.7. The molecule has 2 rings (SSSR count). The van der Waals surface area contributed by atoms with Gasteiger partial charge in [-0.15, -0.1) is 0 Å². The molecular formula is C13H13NO3S. The number of aryl methyl sites for hydroxylation is 1. The molecule has 0 unspecified atom stereocenters. The van der Waals surface area contributed by atoms with Crippen LogP contribution < -0.4 is 10.9 Å². The van der Waals surface area contributed by atoms with Gasteiger partial charge in [-0.1, -0.05) is 0 Å². The SMILES string of the molecule is Cc1cc(=O)oc2cc(NC(=O)CCS)ccc12. The number of fused-ring (bicyclic) bond motifs is 1. The van der Waals surface area contributed by atoms with E-state index in [9.17, 15) is 9.59 Å². The predicted octanol–water partition coefficient (Wildman–Crippen LogP) is 2.36. The van der Waals surface area contributed by atoms with Gasteiger partial charge in [0.15, 0.2) is 0 Å². The standard InChI is InChI=1S/C13H13NO3S/c1-8-6-13(16)17-11-7-9(2-3-10(8)11)14-12(15)4-5-18/h2-3,6-7,18H,4-5H2,1H3,(H,14,15). The summed E-state index contributed by atoms with van der Waals surface area (Å²) in [5.74, 6) is 0.382. The summed E-state index contributed by atoms with van der Waals surface area (Å²) < 4.78 is 5.10. The van der Waals surface area contributed by atoms with Crippen molar-refractivity contribution in [1.29, 1.82) is 0 Å². The van der Waals surface area contributed by atoms with Gasteiger partial charge in [0.2, 0.25) is 5.91 Å². The zero-order valence-corrected chi connectivity index (χ0v) is 10.8. The van der Waals surface area contributed by atoms with Gasteiger partial charge in [-0.05, 0) is 30.4 Å². The zero-order valence-electron chi connectivity index (χ0n) is 9.90. The second kappa shape index (κ2) is 5.27. The molecule has 0 fully saturated rings. The van der Waals surface area contributed by atoms with Crippen LogP contribution in [-0.4, -0.2) is 11.7 Å². The van der Waals surface area contributed by atoms with Crippen LogP contribution in [0.3, 0.4) is 0 Å². The number of carbonyl (C=O) groups excluding carboxylic acids is 1. The lowest BCUT2D eigenvalue weighted by atomic mass is 10.1. The minimum absolute atomic E-state index is 0.112. The molecule has 18 heavy (non-hydrogen) atoms. The molecule has 1 aromatic carbocycles. The lowest BCUT2D eigenvalue weighted by Crippen LogP contribution is -2.11. The fourth-order valence-corrected chi connectivity index (χ4v) is 1.93. The molecule has 0 atom stereocenters. The van der Waals surface area contributed by atoms with Crippen molar-refractivity contribution in [3.8, 4) is 0 Å². The van der Waals surface area contributed by atoms with Gasteiger partial charge in [0.25, 0.3) is 0 Å². The van der Waals surface area contributed by atoms with Crippen molar-refractivity contribution in [1.82, 2.24) is 0 Å². The van der Waals surface area contributed by atoms with Crippen LogP contribution in [0.2, 0.25) is 0 Å². The third-order valence-corrected chi connectivity index (χ3v) is 2.80. The van der Waals surface area contributed by atoms with E-state index in [0.29, 0.717) is 23.4 Å². The second-order valence-electron chi connectivity index (χ2n) is 3.98. The highest BCUT2D eigenvalue weighted by Gasteiger charge is 2.05. The van der Waals surface area contributed by atoms with Crippen LogP contribution in [-0.2, 0) is 4.79 Å². The van der Waals surface area contributed by atoms with E-state index in [-0.39, 0.29) is 11.5 Å². The molecular weight excluding hydrogens is 250 g/mol. The Morgan fingerprint density at radius 3 is 2.89 bits per heavy atom. The smallest absolute Gasteiger partial charge is 0.336 e. The highest BCUT2D eigenvalue weighted by molar-refractivity contribution is 7.80. The normalized spacial score (nSPS) is 10.6. The average Bonchev–Trinajstić information content (AvgIpc) is 2.28. The monoisotopic (exact) mass is 263 g/mol. The Kier molecular flexibility index (Phi) is 3.72. The van der Waals surface area contributed by atoms with Crippen molar-refractivity contribution in [3.63, 3.8) is 0 Å². The van der Waals surface area contributed by atoms with E-state index < -0.39 is 0 Å². The molecule has 1 N–H and O–H groups in total. The number of amides is 1. The lowest BCUT2D eigenvalue weighted by molar-refractivity contribution is -0.115. The Labute approximate surface area is 109 Å². The molecule has 4 nitrogen and oxygen atoms in total. The van der Waals surface area contributed by atoms with Crippen molar-refractivity contribution >= 4 is 35.2 Å². The average molecular weight is 263 g/mol. The molecule has 5 heteroatoms. The van der Waals surface area contributed by atoms with E-state index >= 15 is 0 Å². The van der Waals surface area contributed by atoms with Crippen molar-refractivity contribution in [2.75, 3.05) is 11.1 Å². The van der Waals surface area contributed by atoms with Gasteiger partial charge >= 0.3 is 5.63 Å². The summed E-state index contributed by atoms with van der Waals surface area (Å²) in [6, 6.07) is 6.71. The van der Waals surface area contributed by atoms with E-state index in [1.165, 1.54) is 6.07 Å². The molecule has 0 saturated carbocycles. The molecule has 0 spiro atoms. The van der Waals surface area contributed by atoms with Gasteiger partial charge in [-0.2, -0.15) is 12.6 Å². The fourth-order valence-electron chi connectivity index (χ4n) is 1.73. The van der Waals surface area contributed by atoms with Crippen LogP contribution in [0, 0.1) is 6.92 Å². The van der Waals surface area contributed by atoms with E-state index in [4.69, 9.17) is 4.42 Å². The van der Waals surface area contributed by atoms with E-state index in [0.717, 1.165) is 10.9 Å². The molecule has 0 saturated heterocycles. The largest absolute Gasteiger partial charge is 0.423 e. The highest BCUT2D eigenvalue weighted by Crippen LogP contribution is 2.20. The number of hydrogen-bond donors (Lipinski definition) is 2. The molecule has 0 radical (unpaired) electrons. The van der Waals surface area contributed by atoms with Gasteiger partial charge < -0.3 is 9.73 Å². The quantitative estimate of drug-likeness (QED) is 0.660. The summed E-state index contributed by atoms with van der Waals surface area (Å²) >= 11 is 3.99. The molecule has 1 amide bonds. The summed E-state index contributed by atoms with van der Waals surface area (Å²) in [5, 5.41) is 3.59. The van der Waals surface area contributed by atoms with Crippen molar-refractivity contribution in [2.24, 2.45) is 0 Å². The van der Waals surface area contributed by atoms with Gasteiger partial charge in [0.05, 0.1) is 0 Å². The molecule has 1 heterocycles. The Bertz CT molecular complexity index is 648. The number of anilines is 1. The van der Waals surface area contributed by atoms with Crippen LogP contribution >= 0.6 is 12.6 Å².